The molecule has 0 radical (unpaired) electrons. The first kappa shape index (κ1) is 62.8. The van der Waals surface area contributed by atoms with Gasteiger partial charge in [-0.2, -0.15) is 0 Å². The molecule has 0 aromatic heterocycles. The molecule has 0 aromatic carbocycles. The Bertz CT molecular complexity index is 1440. The van der Waals surface area contributed by atoms with Gasteiger partial charge in [0.15, 0.2) is 6.10 Å². The van der Waals surface area contributed by atoms with Crippen molar-refractivity contribution in [2.24, 2.45) is 0 Å². The van der Waals surface area contributed by atoms with Crippen molar-refractivity contribution < 1.29 is 28.6 Å². The second kappa shape index (κ2) is 54.4. The minimum atomic E-state index is -0.821. The third-order valence-electron chi connectivity index (χ3n) is 10.9. The summed E-state index contributed by atoms with van der Waals surface area (Å²) in [6.07, 6.45) is 74.7. The monoisotopic (exact) mass is 927 g/mol. The average molecular weight is 927 g/mol. The fourth-order valence-electron chi connectivity index (χ4n) is 6.87. The minimum absolute atomic E-state index is 0.117. The normalized spacial score (nSPS) is 13.1. The van der Waals surface area contributed by atoms with Crippen molar-refractivity contribution in [3.63, 3.8) is 0 Å². The highest BCUT2D eigenvalue weighted by Gasteiger charge is 2.19. The van der Waals surface area contributed by atoms with E-state index in [9.17, 15) is 14.4 Å². The second-order valence-corrected chi connectivity index (χ2v) is 17.4. The average Bonchev–Trinajstić information content (AvgIpc) is 3.33. The van der Waals surface area contributed by atoms with Gasteiger partial charge >= 0.3 is 17.9 Å². The molecule has 6 nitrogen and oxygen atoms in total. The van der Waals surface area contributed by atoms with E-state index in [4.69, 9.17) is 14.2 Å². The summed E-state index contributed by atoms with van der Waals surface area (Å²) in [5, 5.41) is 0. The van der Waals surface area contributed by atoms with Crippen LogP contribution in [0, 0.1) is 0 Å². The molecule has 0 aliphatic rings. The van der Waals surface area contributed by atoms with Gasteiger partial charge in [-0.25, -0.2) is 0 Å². The fraction of sp³-hybridized carbons (Fsp3) is 0.623. The first-order valence-electron chi connectivity index (χ1n) is 27.0. The SMILES string of the molecule is CC/C=C\C/C=C\C/C=C\C/C=C\C/C=C\CCCC(=O)OC[C@H](COC(=O)CCCCCC/C=C\C/C=C\C/C=C\CCCCC)OC(=O)CCCCCCC/C=C\C/C=C\CCCCC. The number of unbranched alkanes of at least 4 members (excludes halogenated alkanes) is 16. The number of hydrogen-bond donors (Lipinski definition) is 0. The molecule has 0 bridgehead atoms. The molecular weight excluding hydrogens is 829 g/mol. The molecule has 0 aliphatic carbocycles. The summed E-state index contributed by atoms with van der Waals surface area (Å²) >= 11 is 0. The van der Waals surface area contributed by atoms with E-state index in [1.807, 2.05) is 0 Å². The van der Waals surface area contributed by atoms with E-state index in [0.717, 1.165) is 128 Å². The van der Waals surface area contributed by atoms with E-state index in [1.54, 1.807) is 0 Å². The van der Waals surface area contributed by atoms with Gasteiger partial charge < -0.3 is 14.2 Å². The number of carbonyl (C=O) groups excluding carboxylic acids is 3. The highest BCUT2D eigenvalue weighted by Crippen LogP contribution is 2.12. The molecule has 6 heteroatoms. The maximum absolute atomic E-state index is 12.8. The van der Waals surface area contributed by atoms with Crippen LogP contribution in [0.5, 0.6) is 0 Å². The molecule has 0 aromatic rings. The van der Waals surface area contributed by atoms with Crippen molar-refractivity contribution in [2.45, 2.75) is 232 Å². The number of rotatable bonds is 47. The first-order valence-corrected chi connectivity index (χ1v) is 27.0. The topological polar surface area (TPSA) is 78.9 Å². The molecule has 0 N–H and O–H groups in total. The van der Waals surface area contributed by atoms with Crippen LogP contribution in [0.1, 0.15) is 226 Å². The van der Waals surface area contributed by atoms with Crippen LogP contribution in [0.25, 0.3) is 0 Å². The van der Waals surface area contributed by atoms with E-state index in [1.165, 1.54) is 51.4 Å². The first-order chi connectivity index (χ1) is 33.0. The number of allylic oxidation sites excluding steroid dienone is 20. The minimum Gasteiger partial charge on any atom is -0.462 e. The maximum atomic E-state index is 12.8. The highest BCUT2D eigenvalue weighted by molar-refractivity contribution is 5.71. The number of ether oxygens (including phenoxy) is 3. The predicted molar refractivity (Wildman–Crippen MR) is 288 cm³/mol. The van der Waals surface area contributed by atoms with E-state index >= 15 is 0 Å². The van der Waals surface area contributed by atoms with Crippen LogP contribution in [0.15, 0.2) is 122 Å². The molecule has 0 unspecified atom stereocenters. The molecule has 1 atom stereocenters. The van der Waals surface area contributed by atoms with Crippen LogP contribution in [0.3, 0.4) is 0 Å². The molecule has 378 valence electrons. The van der Waals surface area contributed by atoms with E-state index < -0.39 is 6.10 Å². The lowest BCUT2D eigenvalue weighted by Gasteiger charge is -2.18. The zero-order valence-corrected chi connectivity index (χ0v) is 43.1. The Morgan fingerprint density at radius 1 is 0.313 bits per heavy atom. The van der Waals surface area contributed by atoms with Crippen LogP contribution in [-0.4, -0.2) is 37.2 Å². The van der Waals surface area contributed by atoms with Crippen molar-refractivity contribution in [1.82, 2.24) is 0 Å². The molecule has 0 saturated heterocycles. The Kier molecular flexibility index (Phi) is 51.0. The number of esters is 3. The molecule has 0 saturated carbocycles. The Morgan fingerprint density at radius 3 is 0.970 bits per heavy atom. The van der Waals surface area contributed by atoms with Crippen molar-refractivity contribution in [3.8, 4) is 0 Å². The van der Waals surface area contributed by atoms with Crippen molar-refractivity contribution in [3.05, 3.63) is 122 Å². The van der Waals surface area contributed by atoms with Gasteiger partial charge in [-0.05, 0) is 128 Å². The Hall–Kier alpha value is -4.19. The molecule has 0 heterocycles. The number of carbonyl (C=O) groups is 3. The van der Waals surface area contributed by atoms with Gasteiger partial charge in [0.1, 0.15) is 13.2 Å². The van der Waals surface area contributed by atoms with Crippen LogP contribution in [0.2, 0.25) is 0 Å². The predicted octanol–water partition coefficient (Wildman–Crippen LogP) is 18.1. The van der Waals surface area contributed by atoms with Gasteiger partial charge in [-0.1, -0.05) is 200 Å². The summed E-state index contributed by atoms with van der Waals surface area (Å²) in [6.45, 7) is 6.38. The van der Waals surface area contributed by atoms with E-state index in [2.05, 4.69) is 142 Å². The smallest absolute Gasteiger partial charge is 0.306 e. The fourth-order valence-corrected chi connectivity index (χ4v) is 6.87. The van der Waals surface area contributed by atoms with Gasteiger partial charge in [0.05, 0.1) is 0 Å². The summed E-state index contributed by atoms with van der Waals surface area (Å²) < 4.78 is 16.7. The van der Waals surface area contributed by atoms with Crippen LogP contribution < -0.4 is 0 Å². The lowest BCUT2D eigenvalue weighted by molar-refractivity contribution is -0.167. The molecule has 0 amide bonds. The zero-order valence-electron chi connectivity index (χ0n) is 43.1. The molecule has 67 heavy (non-hydrogen) atoms. The van der Waals surface area contributed by atoms with Crippen molar-refractivity contribution in [2.75, 3.05) is 13.2 Å². The van der Waals surface area contributed by atoms with Crippen LogP contribution in [-0.2, 0) is 28.6 Å². The van der Waals surface area contributed by atoms with Gasteiger partial charge in [-0.3, -0.25) is 14.4 Å². The standard InChI is InChI=1S/C61H98O6/c1-4-7-10-13-16-19-22-25-28-30-33-35-38-41-44-47-50-53-59(62)65-56-58(67-61(64)55-52-49-46-43-40-37-32-27-24-21-18-15-12-9-6-3)57-66-60(63)54-51-48-45-42-39-36-34-31-29-26-23-20-17-14-11-8-5-2/h7,10,16-21,25-29,32-36,41,44,58H,4-6,8-9,11-15,22-24,30-31,37-40,42-43,45-57H2,1-3H3/b10-7-,19-16-,20-17-,21-18-,28-25-,29-26-,32-27-,35-33-,36-34-,44-41-/t58-/m1/s1. The number of hydrogen-bond acceptors (Lipinski definition) is 6. The summed E-state index contributed by atoms with van der Waals surface area (Å²) in [6, 6.07) is 0. The largest absolute Gasteiger partial charge is 0.462 e. The van der Waals surface area contributed by atoms with Gasteiger partial charge in [0.2, 0.25) is 0 Å². The van der Waals surface area contributed by atoms with Gasteiger partial charge in [-0.15, -0.1) is 0 Å². The molecule has 0 fully saturated rings. The van der Waals surface area contributed by atoms with Crippen molar-refractivity contribution >= 4 is 17.9 Å². The lowest BCUT2D eigenvalue weighted by Crippen LogP contribution is -2.30. The molecule has 0 rings (SSSR count). The quantitative estimate of drug-likeness (QED) is 0.0262. The van der Waals surface area contributed by atoms with Crippen LogP contribution in [0.4, 0.5) is 0 Å². The lowest BCUT2D eigenvalue weighted by atomic mass is 10.1. The highest BCUT2D eigenvalue weighted by atomic mass is 16.6. The summed E-state index contributed by atoms with van der Waals surface area (Å²) in [5.74, 6) is -1.02. The maximum Gasteiger partial charge on any atom is 0.306 e. The van der Waals surface area contributed by atoms with E-state index in [0.29, 0.717) is 19.3 Å². The van der Waals surface area contributed by atoms with Crippen molar-refractivity contribution in [1.29, 1.82) is 0 Å². The molecule has 0 aliphatic heterocycles. The third kappa shape index (κ3) is 52.6. The second-order valence-electron chi connectivity index (χ2n) is 17.4. The zero-order chi connectivity index (χ0) is 48.6. The summed E-state index contributed by atoms with van der Waals surface area (Å²) in [7, 11) is 0. The Balaban J connectivity index is 4.56. The summed E-state index contributed by atoms with van der Waals surface area (Å²) in [5.41, 5.74) is 0. The Labute approximate surface area is 412 Å². The van der Waals surface area contributed by atoms with Gasteiger partial charge in [0, 0.05) is 19.3 Å². The van der Waals surface area contributed by atoms with E-state index in [-0.39, 0.29) is 37.5 Å². The summed E-state index contributed by atoms with van der Waals surface area (Å²) in [4.78, 5) is 38.1. The third-order valence-corrected chi connectivity index (χ3v) is 10.9. The Morgan fingerprint density at radius 2 is 0.597 bits per heavy atom. The van der Waals surface area contributed by atoms with Crippen LogP contribution >= 0.6 is 0 Å². The van der Waals surface area contributed by atoms with Gasteiger partial charge in [0.25, 0.3) is 0 Å². The molecule has 0 spiro atoms. The molecular formula is C61H98O6.